The minimum absolute atomic E-state index is 0.0155. The molecule has 2 aromatic carbocycles. The first kappa shape index (κ1) is 11.0. The Labute approximate surface area is 111 Å². The van der Waals surface area contributed by atoms with Gasteiger partial charge >= 0.3 is 0 Å². The number of rotatable bonds is 3. The van der Waals surface area contributed by atoms with Crippen LogP contribution in [0.5, 0.6) is 5.75 Å². The Bertz CT molecular complexity index is 699. The summed E-state index contributed by atoms with van der Waals surface area (Å²) in [5, 5.41) is -0.0578. The van der Waals surface area contributed by atoms with Crippen LogP contribution in [0.15, 0.2) is 18.2 Å². The number of anilines is 1. The molecule has 0 bridgehead atoms. The molecule has 0 saturated heterocycles. The van der Waals surface area contributed by atoms with Crippen molar-refractivity contribution < 1.29 is 20.6 Å². The molecule has 5 heteroatoms. The standard InChI is InChI=1S/C14H14F3NO/c1-7(2)9-3-8(18)4-10-11(16)5-12(17)14(13(9)10)19-6-15/h3-5,7H,6,18H2,1-2H3/i6D2. The molecule has 2 nitrogen and oxygen atoms in total. The van der Waals surface area contributed by atoms with Crippen LogP contribution in [-0.2, 0) is 0 Å². The molecule has 2 aromatic rings. The second-order valence-corrected chi connectivity index (χ2v) is 4.54. The minimum atomic E-state index is -3.58. The molecule has 0 atom stereocenters. The molecule has 2 rings (SSSR count). The van der Waals surface area contributed by atoms with Crippen LogP contribution in [0, 0.1) is 11.6 Å². The third-order valence-electron chi connectivity index (χ3n) is 2.91. The molecule has 0 fully saturated rings. The van der Waals surface area contributed by atoms with E-state index in [4.69, 9.17) is 8.48 Å². The molecule has 0 amide bonds. The lowest BCUT2D eigenvalue weighted by molar-refractivity contribution is 0.186. The minimum Gasteiger partial charge on any atom is -0.459 e. The molecule has 102 valence electrons. The first-order valence-electron chi connectivity index (χ1n) is 6.69. The average molecular weight is 271 g/mol. The number of benzene rings is 2. The van der Waals surface area contributed by atoms with Gasteiger partial charge < -0.3 is 10.5 Å². The molecule has 0 aliphatic heterocycles. The van der Waals surface area contributed by atoms with Crippen molar-refractivity contribution in [3.8, 4) is 5.75 Å². The predicted molar refractivity (Wildman–Crippen MR) is 69.0 cm³/mol. The summed E-state index contributed by atoms with van der Waals surface area (Å²) in [6.07, 6.45) is 0. The van der Waals surface area contributed by atoms with Crippen LogP contribution < -0.4 is 10.5 Å². The van der Waals surface area contributed by atoms with Crippen molar-refractivity contribution in [3.63, 3.8) is 0 Å². The van der Waals surface area contributed by atoms with Crippen molar-refractivity contribution in [2.75, 3.05) is 12.5 Å². The van der Waals surface area contributed by atoms with E-state index < -0.39 is 24.2 Å². The maximum atomic E-state index is 13.9. The monoisotopic (exact) mass is 271 g/mol. The number of alkyl halides is 1. The van der Waals surface area contributed by atoms with Crippen LogP contribution in [0.4, 0.5) is 18.9 Å². The zero-order valence-electron chi connectivity index (χ0n) is 12.4. The van der Waals surface area contributed by atoms with E-state index in [0.29, 0.717) is 11.6 Å². The first-order chi connectivity index (χ1) is 9.60. The fourth-order valence-electron chi connectivity index (χ4n) is 2.10. The Morgan fingerprint density at radius 3 is 2.53 bits per heavy atom. The van der Waals surface area contributed by atoms with Crippen molar-refractivity contribution in [1.29, 1.82) is 0 Å². The molecule has 0 saturated carbocycles. The molecule has 0 aromatic heterocycles. The highest BCUT2D eigenvalue weighted by Crippen LogP contribution is 2.38. The van der Waals surface area contributed by atoms with E-state index in [1.54, 1.807) is 13.8 Å². The summed E-state index contributed by atoms with van der Waals surface area (Å²) in [6.45, 7) is -0.0446. The van der Waals surface area contributed by atoms with Crippen molar-refractivity contribution in [1.82, 2.24) is 0 Å². The summed E-state index contributed by atoms with van der Waals surface area (Å²) in [6, 6.07) is 3.30. The summed E-state index contributed by atoms with van der Waals surface area (Å²) < 4.78 is 59.0. The second-order valence-electron chi connectivity index (χ2n) is 4.54. The maximum Gasteiger partial charge on any atom is 0.228 e. The highest BCUT2D eigenvalue weighted by atomic mass is 19.1. The lowest BCUT2D eigenvalue weighted by atomic mass is 9.94. The Hall–Kier alpha value is -1.91. The van der Waals surface area contributed by atoms with Crippen LogP contribution in [-0.4, -0.2) is 6.81 Å². The molecule has 0 spiro atoms. The van der Waals surface area contributed by atoms with E-state index in [0.717, 1.165) is 0 Å². The third-order valence-corrected chi connectivity index (χ3v) is 2.91. The van der Waals surface area contributed by atoms with E-state index in [9.17, 15) is 13.2 Å². The van der Waals surface area contributed by atoms with Gasteiger partial charge in [-0.2, -0.15) is 0 Å². The zero-order chi connectivity index (χ0) is 15.9. The van der Waals surface area contributed by atoms with Crippen LogP contribution in [0.25, 0.3) is 10.8 Å². The maximum absolute atomic E-state index is 13.9. The number of hydrogen-bond donors (Lipinski definition) is 1. The average Bonchev–Trinajstić information content (AvgIpc) is 2.32. The molecule has 0 aliphatic rings. The van der Waals surface area contributed by atoms with Gasteiger partial charge in [0.2, 0.25) is 6.81 Å². The van der Waals surface area contributed by atoms with E-state index in [2.05, 4.69) is 4.74 Å². The number of nitrogen functional groups attached to an aromatic ring is 1. The van der Waals surface area contributed by atoms with Crippen LogP contribution in [0.3, 0.4) is 0 Å². The molecule has 19 heavy (non-hydrogen) atoms. The van der Waals surface area contributed by atoms with Gasteiger partial charge in [0.25, 0.3) is 0 Å². The van der Waals surface area contributed by atoms with Gasteiger partial charge in [-0.25, -0.2) is 13.2 Å². The van der Waals surface area contributed by atoms with Gasteiger partial charge in [0.1, 0.15) is 8.56 Å². The SMILES string of the molecule is [2H]C([2H])(F)Oc1c(F)cc(F)c2cc(N)cc(C(C)C)c12. The number of hydrogen-bond acceptors (Lipinski definition) is 2. The van der Waals surface area contributed by atoms with Crippen molar-refractivity contribution in [3.05, 3.63) is 35.4 Å². The highest BCUT2D eigenvalue weighted by molar-refractivity contribution is 5.94. The van der Waals surface area contributed by atoms with Crippen molar-refractivity contribution in [2.45, 2.75) is 19.8 Å². The van der Waals surface area contributed by atoms with Gasteiger partial charge in [0, 0.05) is 22.5 Å². The normalized spacial score (nSPS) is 13.6. The Morgan fingerprint density at radius 2 is 1.95 bits per heavy atom. The molecule has 2 N–H and O–H groups in total. The lowest BCUT2D eigenvalue weighted by Crippen LogP contribution is -2.01. The molecule has 0 radical (unpaired) electrons. The molecule has 0 heterocycles. The Kier molecular flexibility index (Phi) is 2.88. The van der Waals surface area contributed by atoms with Crippen LogP contribution in [0.1, 0.15) is 28.1 Å². The van der Waals surface area contributed by atoms with Gasteiger partial charge in [-0.1, -0.05) is 13.8 Å². The first-order valence-corrected chi connectivity index (χ1v) is 5.69. The Morgan fingerprint density at radius 1 is 1.26 bits per heavy atom. The van der Waals surface area contributed by atoms with Gasteiger partial charge in [-0.15, -0.1) is 0 Å². The van der Waals surface area contributed by atoms with Gasteiger partial charge in [0.05, 0.1) is 0 Å². The summed E-state index contributed by atoms with van der Waals surface area (Å²) in [5.41, 5.74) is 6.41. The summed E-state index contributed by atoms with van der Waals surface area (Å²) >= 11 is 0. The summed E-state index contributed by atoms with van der Waals surface area (Å²) in [4.78, 5) is 0. The molecule has 0 unspecified atom stereocenters. The van der Waals surface area contributed by atoms with Crippen LogP contribution >= 0.6 is 0 Å². The molecular formula is C14H14F3NO. The van der Waals surface area contributed by atoms with Crippen LogP contribution in [0.2, 0.25) is 0 Å². The summed E-state index contributed by atoms with van der Waals surface area (Å²) in [5.74, 6) is -2.88. The van der Waals surface area contributed by atoms with E-state index in [-0.39, 0.29) is 22.4 Å². The topological polar surface area (TPSA) is 35.2 Å². The van der Waals surface area contributed by atoms with Gasteiger partial charge in [-0.3, -0.25) is 0 Å². The van der Waals surface area contributed by atoms with E-state index in [1.807, 2.05) is 0 Å². The van der Waals surface area contributed by atoms with Crippen molar-refractivity contribution in [2.24, 2.45) is 0 Å². The predicted octanol–water partition coefficient (Wildman–Crippen LogP) is 4.13. The van der Waals surface area contributed by atoms with Crippen molar-refractivity contribution >= 4 is 16.5 Å². The quantitative estimate of drug-likeness (QED) is 0.852. The fourth-order valence-corrected chi connectivity index (χ4v) is 2.10. The zero-order valence-corrected chi connectivity index (χ0v) is 10.4. The van der Waals surface area contributed by atoms with E-state index >= 15 is 0 Å². The number of ether oxygens (including phenoxy) is 1. The summed E-state index contributed by atoms with van der Waals surface area (Å²) in [7, 11) is 0. The molecule has 0 aliphatic carbocycles. The highest BCUT2D eigenvalue weighted by Gasteiger charge is 2.19. The number of halogens is 3. The number of nitrogens with two attached hydrogens (primary N) is 1. The lowest BCUT2D eigenvalue weighted by Gasteiger charge is -2.16. The third kappa shape index (κ3) is 2.32. The second kappa shape index (κ2) is 4.99. The van der Waals surface area contributed by atoms with E-state index in [1.165, 1.54) is 12.1 Å². The Balaban J connectivity index is 2.90. The van der Waals surface area contributed by atoms with Gasteiger partial charge in [-0.05, 0) is 23.6 Å². The fraction of sp³-hybridized carbons (Fsp3) is 0.286. The van der Waals surface area contributed by atoms with Gasteiger partial charge in [0.15, 0.2) is 11.6 Å². The molecular weight excluding hydrogens is 255 g/mol. The largest absolute Gasteiger partial charge is 0.459 e. The number of fused-ring (bicyclic) bond motifs is 1. The smallest absolute Gasteiger partial charge is 0.228 e.